The van der Waals surface area contributed by atoms with E-state index in [0.717, 1.165) is 21.5 Å². The van der Waals surface area contributed by atoms with Crippen LogP contribution in [0.2, 0.25) is 0 Å². The molecule has 0 atom stereocenters. The normalized spacial score (nSPS) is 11.3. The maximum absolute atomic E-state index is 12.6. The summed E-state index contributed by atoms with van der Waals surface area (Å²) in [6, 6.07) is 12.9. The standard InChI is InChI=1S/C19H19BrN4O3S/c1-12-19(20)13(2)24(22-12)17-8-4-16(5-9-17)23-28(26,27)18-10-6-15(7-11-18)21-14(3)25/h4-11,23H,1-3H3,(H,21,25). The summed E-state index contributed by atoms with van der Waals surface area (Å²) in [7, 11) is -3.74. The van der Waals surface area contributed by atoms with Crippen LogP contribution in [0.3, 0.4) is 0 Å². The summed E-state index contributed by atoms with van der Waals surface area (Å²) in [5.74, 6) is -0.219. The Morgan fingerprint density at radius 3 is 2.07 bits per heavy atom. The molecule has 0 aliphatic heterocycles. The molecule has 2 aromatic carbocycles. The van der Waals surface area contributed by atoms with Crippen LogP contribution in [-0.2, 0) is 14.8 Å². The smallest absolute Gasteiger partial charge is 0.261 e. The Balaban J connectivity index is 1.79. The minimum Gasteiger partial charge on any atom is -0.326 e. The molecule has 0 bridgehead atoms. The lowest BCUT2D eigenvalue weighted by Gasteiger charge is -2.10. The van der Waals surface area contributed by atoms with E-state index in [1.165, 1.54) is 19.1 Å². The van der Waals surface area contributed by atoms with Crippen LogP contribution in [-0.4, -0.2) is 24.1 Å². The van der Waals surface area contributed by atoms with Crippen molar-refractivity contribution in [2.75, 3.05) is 10.0 Å². The molecule has 0 radical (unpaired) electrons. The van der Waals surface area contributed by atoms with E-state index in [-0.39, 0.29) is 10.8 Å². The summed E-state index contributed by atoms with van der Waals surface area (Å²) in [5, 5.41) is 7.06. The van der Waals surface area contributed by atoms with Gasteiger partial charge in [0.05, 0.1) is 26.4 Å². The molecule has 7 nitrogen and oxygen atoms in total. The van der Waals surface area contributed by atoms with Crippen molar-refractivity contribution >= 4 is 43.2 Å². The highest BCUT2D eigenvalue weighted by molar-refractivity contribution is 9.10. The van der Waals surface area contributed by atoms with Gasteiger partial charge in [0.25, 0.3) is 10.0 Å². The van der Waals surface area contributed by atoms with Crippen LogP contribution >= 0.6 is 15.9 Å². The summed E-state index contributed by atoms with van der Waals surface area (Å²) >= 11 is 3.50. The third kappa shape index (κ3) is 4.26. The van der Waals surface area contributed by atoms with Crippen LogP contribution in [0.5, 0.6) is 0 Å². The van der Waals surface area contributed by atoms with Crippen molar-refractivity contribution in [3.63, 3.8) is 0 Å². The van der Waals surface area contributed by atoms with Gasteiger partial charge >= 0.3 is 0 Å². The summed E-state index contributed by atoms with van der Waals surface area (Å²) in [6.45, 7) is 5.25. The van der Waals surface area contributed by atoms with Crippen molar-refractivity contribution in [2.45, 2.75) is 25.7 Å². The van der Waals surface area contributed by atoms with E-state index < -0.39 is 10.0 Å². The molecule has 1 heterocycles. The van der Waals surface area contributed by atoms with Gasteiger partial charge in [0.15, 0.2) is 0 Å². The monoisotopic (exact) mass is 462 g/mol. The second-order valence-corrected chi connectivity index (χ2v) is 8.73. The number of benzene rings is 2. The number of amides is 1. The van der Waals surface area contributed by atoms with Crippen LogP contribution in [0.4, 0.5) is 11.4 Å². The fourth-order valence-electron chi connectivity index (χ4n) is 2.68. The molecule has 0 saturated carbocycles. The van der Waals surface area contributed by atoms with Crippen LogP contribution < -0.4 is 10.0 Å². The van der Waals surface area contributed by atoms with Gasteiger partial charge in [-0.2, -0.15) is 5.10 Å². The average Bonchev–Trinajstić information content (AvgIpc) is 2.89. The first kappa shape index (κ1) is 20.1. The molecule has 146 valence electrons. The highest BCUT2D eigenvalue weighted by Gasteiger charge is 2.15. The first-order valence-electron chi connectivity index (χ1n) is 8.40. The number of rotatable bonds is 5. The highest BCUT2D eigenvalue weighted by atomic mass is 79.9. The number of aryl methyl sites for hydroxylation is 1. The van der Waals surface area contributed by atoms with Crippen LogP contribution in [0, 0.1) is 13.8 Å². The number of nitrogens with one attached hydrogen (secondary N) is 2. The summed E-state index contributed by atoms with van der Waals surface area (Å²) in [6.07, 6.45) is 0. The van der Waals surface area contributed by atoms with E-state index >= 15 is 0 Å². The molecule has 1 aromatic heterocycles. The van der Waals surface area contributed by atoms with Gasteiger partial charge in [-0.15, -0.1) is 0 Å². The number of hydrogen-bond acceptors (Lipinski definition) is 4. The molecule has 1 amide bonds. The Bertz CT molecular complexity index is 1120. The van der Waals surface area contributed by atoms with Crippen molar-refractivity contribution in [3.05, 3.63) is 64.4 Å². The minimum atomic E-state index is -3.74. The zero-order valence-corrected chi connectivity index (χ0v) is 17.9. The third-order valence-corrected chi connectivity index (χ3v) is 6.60. The topological polar surface area (TPSA) is 93.1 Å². The molecule has 9 heteroatoms. The van der Waals surface area contributed by atoms with Gasteiger partial charge < -0.3 is 5.32 Å². The maximum atomic E-state index is 12.6. The lowest BCUT2D eigenvalue weighted by molar-refractivity contribution is -0.114. The quantitative estimate of drug-likeness (QED) is 0.598. The van der Waals surface area contributed by atoms with Crippen LogP contribution in [0.25, 0.3) is 5.69 Å². The molecule has 3 rings (SSSR count). The molecule has 0 fully saturated rings. The van der Waals surface area contributed by atoms with Crippen molar-refractivity contribution < 1.29 is 13.2 Å². The first-order valence-corrected chi connectivity index (χ1v) is 10.7. The van der Waals surface area contributed by atoms with E-state index in [0.29, 0.717) is 11.4 Å². The molecular formula is C19H19BrN4O3S. The number of sulfonamides is 1. The highest BCUT2D eigenvalue weighted by Crippen LogP contribution is 2.24. The Hall–Kier alpha value is -2.65. The number of nitrogens with zero attached hydrogens (tertiary/aromatic N) is 2. The molecule has 3 aromatic rings. The van der Waals surface area contributed by atoms with Gasteiger partial charge in [-0.1, -0.05) is 0 Å². The van der Waals surface area contributed by atoms with Gasteiger partial charge in [0.1, 0.15) is 0 Å². The number of carbonyl (C=O) groups is 1. The largest absolute Gasteiger partial charge is 0.326 e. The van der Waals surface area contributed by atoms with E-state index in [4.69, 9.17) is 0 Å². The SMILES string of the molecule is CC(=O)Nc1ccc(S(=O)(=O)Nc2ccc(-n3nc(C)c(Br)c3C)cc2)cc1. The first-order chi connectivity index (χ1) is 13.2. The fourth-order valence-corrected chi connectivity index (χ4v) is 3.99. The molecule has 0 spiro atoms. The minimum absolute atomic E-state index is 0.105. The second-order valence-electron chi connectivity index (χ2n) is 6.25. The number of carbonyl (C=O) groups excluding carboxylic acids is 1. The predicted octanol–water partition coefficient (Wildman–Crippen LogP) is 4.01. The van der Waals surface area contributed by atoms with Crippen molar-refractivity contribution in [1.29, 1.82) is 0 Å². The van der Waals surface area contributed by atoms with Crippen LogP contribution in [0.15, 0.2) is 57.9 Å². The number of halogens is 1. The zero-order chi connectivity index (χ0) is 20.5. The summed E-state index contributed by atoms with van der Waals surface area (Å²) in [4.78, 5) is 11.2. The Morgan fingerprint density at radius 2 is 1.57 bits per heavy atom. The summed E-state index contributed by atoms with van der Waals surface area (Å²) < 4.78 is 30.4. The lowest BCUT2D eigenvalue weighted by Crippen LogP contribution is -2.13. The summed E-state index contributed by atoms with van der Waals surface area (Å²) in [5.41, 5.74) is 3.64. The van der Waals surface area contributed by atoms with E-state index in [2.05, 4.69) is 31.1 Å². The van der Waals surface area contributed by atoms with Gasteiger partial charge in [0, 0.05) is 18.3 Å². The number of aromatic nitrogens is 2. The third-order valence-electron chi connectivity index (χ3n) is 4.05. The zero-order valence-electron chi connectivity index (χ0n) is 15.5. The lowest BCUT2D eigenvalue weighted by atomic mass is 10.3. The predicted molar refractivity (Wildman–Crippen MR) is 112 cm³/mol. The molecule has 0 unspecified atom stereocenters. The van der Waals surface area contributed by atoms with E-state index in [1.807, 2.05) is 13.8 Å². The average molecular weight is 463 g/mol. The molecule has 28 heavy (non-hydrogen) atoms. The molecule has 0 saturated heterocycles. The van der Waals surface area contributed by atoms with Crippen molar-refractivity contribution in [2.24, 2.45) is 0 Å². The van der Waals surface area contributed by atoms with Crippen molar-refractivity contribution in [1.82, 2.24) is 9.78 Å². The van der Waals surface area contributed by atoms with Gasteiger partial charge in [-0.05, 0) is 78.3 Å². The number of anilines is 2. The van der Waals surface area contributed by atoms with E-state index in [1.54, 1.807) is 41.1 Å². The molecule has 2 N–H and O–H groups in total. The van der Waals surface area contributed by atoms with Crippen molar-refractivity contribution in [3.8, 4) is 5.69 Å². The van der Waals surface area contributed by atoms with Gasteiger partial charge in [0.2, 0.25) is 5.91 Å². The maximum Gasteiger partial charge on any atom is 0.261 e. The van der Waals surface area contributed by atoms with E-state index in [9.17, 15) is 13.2 Å². The Morgan fingerprint density at radius 1 is 1.00 bits per heavy atom. The molecule has 0 aliphatic carbocycles. The van der Waals surface area contributed by atoms with Gasteiger partial charge in [-0.25, -0.2) is 13.1 Å². The van der Waals surface area contributed by atoms with Gasteiger partial charge in [-0.3, -0.25) is 9.52 Å². The molecular weight excluding hydrogens is 444 g/mol. The Kier molecular flexibility index (Phi) is 5.57. The number of hydrogen-bond donors (Lipinski definition) is 2. The second kappa shape index (κ2) is 7.76. The fraction of sp³-hybridized carbons (Fsp3) is 0.158. The van der Waals surface area contributed by atoms with Crippen LogP contribution in [0.1, 0.15) is 18.3 Å². The Labute approximate surface area is 172 Å². The molecule has 0 aliphatic rings.